The van der Waals surface area contributed by atoms with Crippen molar-refractivity contribution in [2.24, 2.45) is 0 Å². The molecule has 2 N–H and O–H groups in total. The number of rotatable bonds is 4. The molecule has 0 spiro atoms. The number of nitrogen functional groups attached to an aromatic ring is 1. The van der Waals surface area contributed by atoms with Gasteiger partial charge in [-0.1, -0.05) is 0 Å². The summed E-state index contributed by atoms with van der Waals surface area (Å²) in [5, 5.41) is 0. The maximum Gasteiger partial charge on any atom is 0.201 e. The molecule has 0 saturated carbocycles. The molecule has 19 heavy (non-hydrogen) atoms. The largest absolute Gasteiger partial charge is 0.497 e. The number of hydrogen-bond acceptors (Lipinski definition) is 4. The van der Waals surface area contributed by atoms with Gasteiger partial charge in [0.05, 0.1) is 24.4 Å². The number of benzene rings is 1. The Hall–Kier alpha value is -2.43. The number of nitrogens with two attached hydrogens (primary N) is 1. The second kappa shape index (κ2) is 4.68. The van der Waals surface area contributed by atoms with Crippen LogP contribution in [0.25, 0.3) is 11.0 Å². The summed E-state index contributed by atoms with van der Waals surface area (Å²) in [4.78, 5) is 4.34. The Labute approximate surface area is 110 Å². The molecule has 3 rings (SSSR count). The molecule has 0 atom stereocenters. The SMILES string of the molecule is COc1ccc2nc(N)n(CCc3ccco3)c2c1. The molecule has 0 fully saturated rings. The lowest BCUT2D eigenvalue weighted by atomic mass is 10.3. The van der Waals surface area contributed by atoms with Crippen molar-refractivity contribution in [3.8, 4) is 5.75 Å². The first-order valence-electron chi connectivity index (χ1n) is 6.10. The van der Waals surface area contributed by atoms with E-state index >= 15 is 0 Å². The number of anilines is 1. The smallest absolute Gasteiger partial charge is 0.201 e. The Kier molecular flexibility index (Phi) is 2.87. The van der Waals surface area contributed by atoms with Gasteiger partial charge in [-0.2, -0.15) is 0 Å². The normalized spacial score (nSPS) is 11.0. The number of nitrogens with zero attached hydrogens (tertiary/aromatic N) is 2. The standard InChI is InChI=1S/C14H15N3O2/c1-18-11-4-5-12-13(9-11)17(14(15)16-12)7-6-10-3-2-8-19-10/h2-5,8-9H,6-7H2,1H3,(H2,15,16). The zero-order valence-electron chi connectivity index (χ0n) is 10.7. The fourth-order valence-electron chi connectivity index (χ4n) is 2.16. The summed E-state index contributed by atoms with van der Waals surface area (Å²) in [7, 11) is 1.65. The van der Waals surface area contributed by atoms with Crippen LogP contribution < -0.4 is 10.5 Å². The zero-order chi connectivity index (χ0) is 13.2. The van der Waals surface area contributed by atoms with E-state index in [-0.39, 0.29) is 0 Å². The van der Waals surface area contributed by atoms with E-state index in [0.29, 0.717) is 5.95 Å². The molecule has 0 aliphatic carbocycles. The van der Waals surface area contributed by atoms with Gasteiger partial charge in [0.2, 0.25) is 5.95 Å². The van der Waals surface area contributed by atoms with E-state index in [9.17, 15) is 0 Å². The highest BCUT2D eigenvalue weighted by Crippen LogP contribution is 2.23. The minimum atomic E-state index is 0.509. The van der Waals surface area contributed by atoms with Gasteiger partial charge in [0.15, 0.2) is 0 Å². The molecule has 2 heterocycles. The predicted molar refractivity (Wildman–Crippen MR) is 73.1 cm³/mol. The third-order valence-electron chi connectivity index (χ3n) is 3.15. The van der Waals surface area contributed by atoms with Crippen LogP contribution in [0.15, 0.2) is 41.0 Å². The summed E-state index contributed by atoms with van der Waals surface area (Å²) >= 11 is 0. The fourth-order valence-corrected chi connectivity index (χ4v) is 2.16. The van der Waals surface area contributed by atoms with Crippen molar-refractivity contribution in [3.05, 3.63) is 42.4 Å². The van der Waals surface area contributed by atoms with Crippen LogP contribution in [0.4, 0.5) is 5.95 Å². The van der Waals surface area contributed by atoms with Crippen LogP contribution >= 0.6 is 0 Å². The van der Waals surface area contributed by atoms with E-state index in [2.05, 4.69) is 4.98 Å². The minimum Gasteiger partial charge on any atom is -0.497 e. The van der Waals surface area contributed by atoms with Gasteiger partial charge < -0.3 is 19.5 Å². The number of hydrogen-bond donors (Lipinski definition) is 1. The number of aromatic nitrogens is 2. The third kappa shape index (κ3) is 2.14. The van der Waals surface area contributed by atoms with Crippen LogP contribution in [0.1, 0.15) is 5.76 Å². The highest BCUT2D eigenvalue weighted by Gasteiger charge is 2.09. The third-order valence-corrected chi connectivity index (χ3v) is 3.15. The Bertz CT molecular complexity index is 686. The van der Waals surface area contributed by atoms with E-state index in [4.69, 9.17) is 14.9 Å². The molecule has 0 unspecified atom stereocenters. The predicted octanol–water partition coefficient (Wildman–Crippen LogP) is 2.46. The van der Waals surface area contributed by atoms with Gasteiger partial charge in [0, 0.05) is 19.0 Å². The number of aryl methyl sites for hydroxylation is 2. The monoisotopic (exact) mass is 257 g/mol. The Morgan fingerprint density at radius 3 is 3.00 bits per heavy atom. The second-order valence-electron chi connectivity index (χ2n) is 4.31. The van der Waals surface area contributed by atoms with Crippen LogP contribution in [0.3, 0.4) is 0 Å². The van der Waals surface area contributed by atoms with Crippen LogP contribution in [0.5, 0.6) is 5.75 Å². The molecule has 5 nitrogen and oxygen atoms in total. The fraction of sp³-hybridized carbons (Fsp3) is 0.214. The van der Waals surface area contributed by atoms with Gasteiger partial charge in [-0.25, -0.2) is 4.98 Å². The van der Waals surface area contributed by atoms with Gasteiger partial charge in [-0.15, -0.1) is 0 Å². The quantitative estimate of drug-likeness (QED) is 0.779. The van der Waals surface area contributed by atoms with Crippen molar-refractivity contribution in [1.29, 1.82) is 0 Å². The molecule has 0 aliphatic rings. The van der Waals surface area contributed by atoms with Crippen molar-refractivity contribution in [1.82, 2.24) is 9.55 Å². The van der Waals surface area contributed by atoms with Gasteiger partial charge in [0.1, 0.15) is 11.5 Å². The summed E-state index contributed by atoms with van der Waals surface area (Å²) in [6, 6.07) is 9.57. The molecular weight excluding hydrogens is 242 g/mol. The molecule has 3 aromatic rings. The van der Waals surface area contributed by atoms with Crippen LogP contribution in [-0.2, 0) is 13.0 Å². The van der Waals surface area contributed by atoms with Crippen molar-refractivity contribution in [2.45, 2.75) is 13.0 Å². The zero-order valence-corrected chi connectivity index (χ0v) is 10.7. The molecule has 0 amide bonds. The van der Waals surface area contributed by atoms with E-state index < -0.39 is 0 Å². The minimum absolute atomic E-state index is 0.509. The number of furan rings is 1. The van der Waals surface area contributed by atoms with Gasteiger partial charge in [-0.3, -0.25) is 0 Å². The summed E-state index contributed by atoms with van der Waals surface area (Å²) in [5.74, 6) is 2.24. The van der Waals surface area contributed by atoms with Gasteiger partial charge in [0.25, 0.3) is 0 Å². The highest BCUT2D eigenvalue weighted by molar-refractivity contribution is 5.79. The number of imidazole rings is 1. The summed E-state index contributed by atoms with van der Waals surface area (Å²) < 4.78 is 12.5. The summed E-state index contributed by atoms with van der Waals surface area (Å²) in [6.07, 6.45) is 2.45. The van der Waals surface area contributed by atoms with Crippen molar-refractivity contribution >= 4 is 17.0 Å². The number of ether oxygens (including phenoxy) is 1. The first-order valence-corrected chi connectivity index (χ1v) is 6.10. The molecule has 2 aromatic heterocycles. The van der Waals surface area contributed by atoms with Gasteiger partial charge in [-0.05, 0) is 24.3 Å². The van der Waals surface area contributed by atoms with E-state index in [1.807, 2.05) is 34.9 Å². The maximum atomic E-state index is 5.96. The molecule has 5 heteroatoms. The van der Waals surface area contributed by atoms with E-state index in [1.165, 1.54) is 0 Å². The molecule has 0 bridgehead atoms. The molecule has 0 saturated heterocycles. The first-order chi connectivity index (χ1) is 9.28. The maximum absolute atomic E-state index is 5.96. The Morgan fingerprint density at radius 1 is 1.37 bits per heavy atom. The molecular formula is C14H15N3O2. The van der Waals surface area contributed by atoms with E-state index in [0.717, 1.165) is 35.5 Å². The average Bonchev–Trinajstić information content (AvgIpc) is 3.03. The van der Waals surface area contributed by atoms with Crippen LogP contribution in [-0.4, -0.2) is 16.7 Å². The van der Waals surface area contributed by atoms with Crippen molar-refractivity contribution in [3.63, 3.8) is 0 Å². The lowest BCUT2D eigenvalue weighted by Crippen LogP contribution is -2.05. The average molecular weight is 257 g/mol. The Morgan fingerprint density at radius 2 is 2.26 bits per heavy atom. The van der Waals surface area contributed by atoms with E-state index in [1.54, 1.807) is 13.4 Å². The first kappa shape index (κ1) is 11.6. The van der Waals surface area contributed by atoms with Crippen molar-refractivity contribution < 1.29 is 9.15 Å². The number of methoxy groups -OCH3 is 1. The summed E-state index contributed by atoms with van der Waals surface area (Å²) in [6.45, 7) is 0.725. The van der Waals surface area contributed by atoms with Gasteiger partial charge >= 0.3 is 0 Å². The lowest BCUT2D eigenvalue weighted by molar-refractivity contribution is 0.415. The molecule has 98 valence electrons. The Balaban J connectivity index is 1.94. The topological polar surface area (TPSA) is 66.2 Å². The highest BCUT2D eigenvalue weighted by atomic mass is 16.5. The lowest BCUT2D eigenvalue weighted by Gasteiger charge is -2.06. The van der Waals surface area contributed by atoms with Crippen LogP contribution in [0.2, 0.25) is 0 Å². The number of fused-ring (bicyclic) bond motifs is 1. The molecule has 1 aromatic carbocycles. The van der Waals surface area contributed by atoms with Crippen molar-refractivity contribution in [2.75, 3.05) is 12.8 Å². The second-order valence-corrected chi connectivity index (χ2v) is 4.31. The molecule has 0 aliphatic heterocycles. The molecule has 0 radical (unpaired) electrons. The van der Waals surface area contributed by atoms with Crippen LogP contribution in [0, 0.1) is 0 Å². The summed E-state index contributed by atoms with van der Waals surface area (Å²) in [5.41, 5.74) is 7.81.